The molecule has 0 bridgehead atoms. The monoisotopic (exact) mass is 464 g/mol. The van der Waals surface area contributed by atoms with E-state index < -0.39 is 0 Å². The fraction of sp³-hybridized carbons (Fsp3) is 0.200. The minimum absolute atomic E-state index is 0.0542. The standard InChI is InChI=1S/C25H21ClN2O5/c26-17-6-4-16(5-7-17)13-28-11-10-19-20(25(28)30)2-1-3-21(19)31-14-24(29)27-18-8-9-22-23(12-18)33-15-32-22/h1-9,12H,10-11,13-15H2,(H,27,29). The highest BCUT2D eigenvalue weighted by atomic mass is 35.5. The molecule has 5 rings (SSSR count). The topological polar surface area (TPSA) is 77.1 Å². The number of hydrogen-bond acceptors (Lipinski definition) is 5. The van der Waals surface area contributed by atoms with Crippen molar-refractivity contribution in [1.29, 1.82) is 0 Å². The van der Waals surface area contributed by atoms with Gasteiger partial charge in [-0.05, 0) is 48.4 Å². The van der Waals surface area contributed by atoms with E-state index in [1.807, 2.05) is 29.2 Å². The molecule has 7 nitrogen and oxygen atoms in total. The van der Waals surface area contributed by atoms with Gasteiger partial charge in [-0.1, -0.05) is 29.8 Å². The van der Waals surface area contributed by atoms with Crippen LogP contribution in [0.25, 0.3) is 0 Å². The third-order valence-corrected chi connectivity index (χ3v) is 5.84. The zero-order valence-electron chi connectivity index (χ0n) is 17.7. The van der Waals surface area contributed by atoms with Crippen LogP contribution in [0.15, 0.2) is 60.7 Å². The number of rotatable bonds is 6. The van der Waals surface area contributed by atoms with Gasteiger partial charge in [0.1, 0.15) is 5.75 Å². The molecule has 0 aromatic heterocycles. The lowest BCUT2D eigenvalue weighted by molar-refractivity contribution is -0.118. The molecule has 0 unspecified atom stereocenters. The Labute approximate surface area is 195 Å². The second kappa shape index (κ2) is 9.03. The van der Waals surface area contributed by atoms with Crippen LogP contribution in [0.2, 0.25) is 5.02 Å². The van der Waals surface area contributed by atoms with Crippen molar-refractivity contribution >= 4 is 29.1 Å². The second-order valence-corrected chi connectivity index (χ2v) is 8.23. The normalized spacial score (nSPS) is 14.1. The molecular formula is C25H21ClN2O5. The number of nitrogens with one attached hydrogen (secondary N) is 1. The van der Waals surface area contributed by atoms with Gasteiger partial charge in [-0.3, -0.25) is 9.59 Å². The molecule has 8 heteroatoms. The Hall–Kier alpha value is -3.71. The van der Waals surface area contributed by atoms with Crippen LogP contribution in [0, 0.1) is 0 Å². The largest absolute Gasteiger partial charge is 0.483 e. The molecule has 3 aromatic rings. The molecule has 0 aliphatic carbocycles. The molecule has 3 aromatic carbocycles. The van der Waals surface area contributed by atoms with Gasteiger partial charge in [0, 0.05) is 41.0 Å². The van der Waals surface area contributed by atoms with Crippen LogP contribution in [0.5, 0.6) is 17.2 Å². The molecule has 2 aliphatic heterocycles. The van der Waals surface area contributed by atoms with Crippen LogP contribution in [0.4, 0.5) is 5.69 Å². The molecule has 0 saturated heterocycles. The first-order chi connectivity index (χ1) is 16.1. The molecule has 0 saturated carbocycles. The van der Waals surface area contributed by atoms with Gasteiger partial charge in [-0.2, -0.15) is 0 Å². The van der Waals surface area contributed by atoms with E-state index in [0.29, 0.717) is 53.0 Å². The fourth-order valence-corrected chi connectivity index (χ4v) is 4.08. The zero-order valence-corrected chi connectivity index (χ0v) is 18.4. The molecule has 2 aliphatic rings. The lowest BCUT2D eigenvalue weighted by Crippen LogP contribution is -2.37. The van der Waals surface area contributed by atoms with Crippen LogP contribution in [-0.4, -0.2) is 36.7 Å². The Bertz CT molecular complexity index is 1210. The number of carbonyl (C=O) groups excluding carboxylic acids is 2. The number of benzene rings is 3. The number of hydrogen-bond donors (Lipinski definition) is 1. The Balaban J connectivity index is 1.23. The number of anilines is 1. The molecule has 2 amide bonds. The molecular weight excluding hydrogens is 444 g/mol. The Kier molecular flexibility index (Phi) is 5.79. The minimum Gasteiger partial charge on any atom is -0.483 e. The SMILES string of the molecule is O=C(COc1cccc2c1CCN(Cc1ccc(Cl)cc1)C2=O)Nc1ccc2c(c1)OCO2. The highest BCUT2D eigenvalue weighted by Gasteiger charge is 2.27. The maximum Gasteiger partial charge on any atom is 0.262 e. The first kappa shape index (κ1) is 21.2. The summed E-state index contributed by atoms with van der Waals surface area (Å²) in [5.41, 5.74) is 3.04. The molecule has 2 heterocycles. The minimum atomic E-state index is -0.307. The van der Waals surface area contributed by atoms with Crippen LogP contribution in [0.1, 0.15) is 21.5 Å². The van der Waals surface area contributed by atoms with Gasteiger partial charge in [-0.15, -0.1) is 0 Å². The summed E-state index contributed by atoms with van der Waals surface area (Å²) in [4.78, 5) is 27.3. The molecule has 0 radical (unpaired) electrons. The maximum atomic E-state index is 13.1. The summed E-state index contributed by atoms with van der Waals surface area (Å²) >= 11 is 5.95. The second-order valence-electron chi connectivity index (χ2n) is 7.79. The van der Waals surface area contributed by atoms with Crippen molar-refractivity contribution in [3.63, 3.8) is 0 Å². The van der Waals surface area contributed by atoms with E-state index in [1.54, 1.807) is 36.4 Å². The van der Waals surface area contributed by atoms with Crippen molar-refractivity contribution in [2.45, 2.75) is 13.0 Å². The summed E-state index contributed by atoms with van der Waals surface area (Å²) in [5.74, 6) is 1.43. The molecule has 0 spiro atoms. The summed E-state index contributed by atoms with van der Waals surface area (Å²) in [7, 11) is 0. The molecule has 0 atom stereocenters. The van der Waals surface area contributed by atoms with E-state index in [0.717, 1.165) is 11.1 Å². The van der Waals surface area contributed by atoms with Crippen molar-refractivity contribution in [2.24, 2.45) is 0 Å². The summed E-state index contributed by atoms with van der Waals surface area (Å²) in [5, 5.41) is 3.45. The molecule has 33 heavy (non-hydrogen) atoms. The molecule has 168 valence electrons. The zero-order chi connectivity index (χ0) is 22.8. The van der Waals surface area contributed by atoms with Crippen molar-refractivity contribution < 1.29 is 23.8 Å². The van der Waals surface area contributed by atoms with Crippen molar-refractivity contribution in [3.05, 3.63) is 82.4 Å². The summed E-state index contributed by atoms with van der Waals surface area (Å²) in [6.07, 6.45) is 0.647. The number of carbonyl (C=O) groups is 2. The van der Waals surface area contributed by atoms with Crippen LogP contribution < -0.4 is 19.5 Å². The van der Waals surface area contributed by atoms with Crippen LogP contribution in [-0.2, 0) is 17.8 Å². The maximum absolute atomic E-state index is 13.1. The summed E-state index contributed by atoms with van der Waals surface area (Å²) < 4.78 is 16.4. The van der Waals surface area contributed by atoms with Crippen molar-refractivity contribution in [3.8, 4) is 17.2 Å². The van der Waals surface area contributed by atoms with E-state index in [2.05, 4.69) is 5.32 Å². The number of fused-ring (bicyclic) bond motifs is 2. The molecule has 0 fully saturated rings. The first-order valence-electron chi connectivity index (χ1n) is 10.5. The van der Waals surface area contributed by atoms with Crippen LogP contribution in [0.3, 0.4) is 0 Å². The smallest absolute Gasteiger partial charge is 0.262 e. The summed E-state index contributed by atoms with van der Waals surface area (Å²) in [6.45, 7) is 1.08. The van der Waals surface area contributed by atoms with Crippen molar-refractivity contribution in [1.82, 2.24) is 4.90 Å². The third kappa shape index (κ3) is 4.59. The van der Waals surface area contributed by atoms with Gasteiger partial charge in [0.15, 0.2) is 18.1 Å². The van der Waals surface area contributed by atoms with E-state index in [1.165, 1.54) is 0 Å². The van der Waals surface area contributed by atoms with Gasteiger partial charge < -0.3 is 24.4 Å². The predicted octanol–water partition coefficient (Wildman–Crippen LogP) is 4.28. The van der Waals surface area contributed by atoms with Gasteiger partial charge >= 0.3 is 0 Å². The highest BCUT2D eigenvalue weighted by molar-refractivity contribution is 6.30. The van der Waals surface area contributed by atoms with Gasteiger partial charge in [-0.25, -0.2) is 0 Å². The predicted molar refractivity (Wildman–Crippen MR) is 123 cm³/mol. The lowest BCUT2D eigenvalue weighted by atomic mass is 9.97. The number of halogens is 1. The fourth-order valence-electron chi connectivity index (χ4n) is 3.95. The van der Waals surface area contributed by atoms with E-state index in [4.69, 9.17) is 25.8 Å². The number of amides is 2. The van der Waals surface area contributed by atoms with Gasteiger partial charge in [0.2, 0.25) is 6.79 Å². The third-order valence-electron chi connectivity index (χ3n) is 5.58. The number of ether oxygens (including phenoxy) is 3. The highest BCUT2D eigenvalue weighted by Crippen LogP contribution is 2.34. The first-order valence-corrected chi connectivity index (χ1v) is 10.9. The van der Waals surface area contributed by atoms with Crippen molar-refractivity contribution in [2.75, 3.05) is 25.3 Å². The van der Waals surface area contributed by atoms with Crippen LogP contribution >= 0.6 is 11.6 Å². The lowest BCUT2D eigenvalue weighted by Gasteiger charge is -2.29. The average Bonchev–Trinajstić information content (AvgIpc) is 3.29. The average molecular weight is 465 g/mol. The van der Waals surface area contributed by atoms with E-state index in [9.17, 15) is 9.59 Å². The van der Waals surface area contributed by atoms with E-state index >= 15 is 0 Å². The Morgan fingerprint density at radius 1 is 1.06 bits per heavy atom. The Morgan fingerprint density at radius 3 is 2.73 bits per heavy atom. The van der Waals surface area contributed by atoms with E-state index in [-0.39, 0.29) is 25.2 Å². The Morgan fingerprint density at radius 2 is 1.88 bits per heavy atom. The summed E-state index contributed by atoms with van der Waals surface area (Å²) in [6, 6.07) is 18.0. The number of nitrogens with zero attached hydrogens (tertiary/aromatic N) is 1. The molecule has 1 N–H and O–H groups in total. The van der Waals surface area contributed by atoms with Gasteiger partial charge in [0.25, 0.3) is 11.8 Å². The van der Waals surface area contributed by atoms with Gasteiger partial charge in [0.05, 0.1) is 0 Å². The quantitative estimate of drug-likeness (QED) is 0.589.